The lowest BCUT2D eigenvalue weighted by atomic mass is 9.67. The lowest BCUT2D eigenvalue weighted by Gasteiger charge is -2.46. The van der Waals surface area contributed by atoms with Gasteiger partial charge in [0, 0.05) is 12.1 Å². The van der Waals surface area contributed by atoms with Crippen LogP contribution in [0.5, 0.6) is 0 Å². The summed E-state index contributed by atoms with van der Waals surface area (Å²) in [5.74, 6) is 3.31. The van der Waals surface area contributed by atoms with Crippen LogP contribution in [0.1, 0.15) is 84.5 Å². The maximum Gasteiger partial charge on any atom is 0.311 e. The van der Waals surface area contributed by atoms with Crippen LogP contribution in [0.3, 0.4) is 0 Å². The number of nitrogens with zero attached hydrogens (tertiary/aromatic N) is 1. The highest BCUT2D eigenvalue weighted by Gasteiger charge is 2.51. The topological polar surface area (TPSA) is 29.5 Å². The average Bonchev–Trinajstić information content (AvgIpc) is 2.87. The van der Waals surface area contributed by atoms with Gasteiger partial charge in [0.1, 0.15) is 6.10 Å². The number of esters is 1. The number of ether oxygens (including phenoxy) is 1. The molecule has 2 bridgehead atoms. The first-order chi connectivity index (χ1) is 12.5. The van der Waals surface area contributed by atoms with Crippen molar-refractivity contribution in [1.82, 2.24) is 4.90 Å². The van der Waals surface area contributed by atoms with E-state index in [0.717, 1.165) is 30.6 Å². The van der Waals surface area contributed by atoms with Gasteiger partial charge in [-0.05, 0) is 88.5 Å². The highest BCUT2D eigenvalue weighted by molar-refractivity contribution is 5.74. The van der Waals surface area contributed by atoms with Gasteiger partial charge >= 0.3 is 5.97 Å². The van der Waals surface area contributed by atoms with E-state index >= 15 is 0 Å². The van der Waals surface area contributed by atoms with Crippen LogP contribution in [0.2, 0.25) is 0 Å². The lowest BCUT2D eigenvalue weighted by Crippen LogP contribution is -2.52. The minimum atomic E-state index is 0.136. The molecule has 2 saturated heterocycles. The van der Waals surface area contributed by atoms with E-state index in [4.69, 9.17) is 4.74 Å². The molecular weight excluding hydrogens is 322 g/mol. The molecule has 4 aliphatic rings. The van der Waals surface area contributed by atoms with Crippen LogP contribution in [0, 0.1) is 29.6 Å². The van der Waals surface area contributed by atoms with E-state index < -0.39 is 0 Å². The third kappa shape index (κ3) is 3.70. The fourth-order valence-electron chi connectivity index (χ4n) is 6.63. The summed E-state index contributed by atoms with van der Waals surface area (Å²) in [5, 5.41) is 0. The van der Waals surface area contributed by atoms with E-state index in [0.29, 0.717) is 18.0 Å². The summed E-state index contributed by atoms with van der Waals surface area (Å²) in [6.45, 7) is 4.72. The summed E-state index contributed by atoms with van der Waals surface area (Å²) >= 11 is 0. The molecule has 2 unspecified atom stereocenters. The van der Waals surface area contributed by atoms with Crippen LogP contribution in [0.15, 0.2) is 0 Å². The fraction of sp³-hybridized carbons (Fsp3) is 0.957. The number of carbonyl (C=O) groups is 1. The summed E-state index contributed by atoms with van der Waals surface area (Å²) in [5.41, 5.74) is 0. The third-order valence-corrected chi connectivity index (χ3v) is 8.50. The predicted octanol–water partition coefficient (Wildman–Crippen LogP) is 5.03. The van der Waals surface area contributed by atoms with Gasteiger partial charge in [-0.1, -0.05) is 26.7 Å². The van der Waals surface area contributed by atoms with Gasteiger partial charge in [-0.15, -0.1) is 0 Å². The predicted molar refractivity (Wildman–Crippen MR) is 105 cm³/mol. The van der Waals surface area contributed by atoms with Crippen molar-refractivity contribution in [3.63, 3.8) is 0 Å². The van der Waals surface area contributed by atoms with Gasteiger partial charge in [0.15, 0.2) is 0 Å². The van der Waals surface area contributed by atoms with Crippen molar-refractivity contribution in [2.45, 2.75) is 103 Å². The second-order valence-electron chi connectivity index (χ2n) is 10.2. The first-order valence-corrected chi connectivity index (χ1v) is 11.4. The molecule has 148 valence electrons. The van der Waals surface area contributed by atoms with Crippen LogP contribution < -0.4 is 0 Å². The minimum absolute atomic E-state index is 0.136. The van der Waals surface area contributed by atoms with Crippen molar-refractivity contribution in [2.24, 2.45) is 29.6 Å². The smallest absolute Gasteiger partial charge is 0.311 e. The Morgan fingerprint density at radius 3 is 2.12 bits per heavy atom. The number of fused-ring (bicyclic) bond motifs is 2. The Bertz CT molecular complexity index is 490. The summed E-state index contributed by atoms with van der Waals surface area (Å²) in [6, 6.07) is 1.15. The molecule has 0 radical (unpaired) electrons. The first kappa shape index (κ1) is 18.8. The summed E-state index contributed by atoms with van der Waals surface area (Å²) in [7, 11) is 2.25. The summed E-state index contributed by atoms with van der Waals surface area (Å²) < 4.78 is 6.15. The zero-order valence-corrected chi connectivity index (χ0v) is 17.2. The number of hydrogen-bond acceptors (Lipinski definition) is 3. The quantitative estimate of drug-likeness (QED) is 0.660. The Hall–Kier alpha value is -0.570. The van der Waals surface area contributed by atoms with E-state index in [1.807, 2.05) is 0 Å². The number of carbonyl (C=O) groups excluding carboxylic acids is 1. The molecule has 4 rings (SSSR count). The SMILES string of the molecule is CC1CCC(OC(=O)C2C3CC[C@H](C[C@@H]2C2CCC(C)CC2)N3C)CC1. The van der Waals surface area contributed by atoms with E-state index in [1.165, 1.54) is 57.8 Å². The Morgan fingerprint density at radius 2 is 1.46 bits per heavy atom. The number of rotatable bonds is 3. The monoisotopic (exact) mass is 361 g/mol. The van der Waals surface area contributed by atoms with Crippen molar-refractivity contribution >= 4 is 5.97 Å². The number of piperidine rings is 1. The maximum atomic E-state index is 13.3. The van der Waals surface area contributed by atoms with Crippen LogP contribution in [0.4, 0.5) is 0 Å². The van der Waals surface area contributed by atoms with Gasteiger partial charge < -0.3 is 4.74 Å². The lowest BCUT2D eigenvalue weighted by molar-refractivity contribution is -0.164. The average molecular weight is 362 g/mol. The van der Waals surface area contributed by atoms with E-state index in [9.17, 15) is 4.79 Å². The van der Waals surface area contributed by atoms with E-state index in [2.05, 4.69) is 25.8 Å². The molecule has 2 saturated carbocycles. The van der Waals surface area contributed by atoms with Crippen LogP contribution in [0.25, 0.3) is 0 Å². The van der Waals surface area contributed by atoms with Crippen molar-refractivity contribution in [2.75, 3.05) is 7.05 Å². The molecule has 0 N–H and O–H groups in total. The molecule has 0 aromatic rings. The maximum absolute atomic E-state index is 13.3. The van der Waals surface area contributed by atoms with E-state index in [-0.39, 0.29) is 18.0 Å². The molecule has 0 spiro atoms. The van der Waals surface area contributed by atoms with Gasteiger partial charge in [-0.25, -0.2) is 0 Å². The van der Waals surface area contributed by atoms with Gasteiger partial charge in [0.05, 0.1) is 5.92 Å². The minimum Gasteiger partial charge on any atom is -0.462 e. The molecule has 4 fully saturated rings. The highest BCUT2D eigenvalue weighted by Crippen LogP contribution is 2.49. The second kappa shape index (κ2) is 7.81. The molecule has 26 heavy (non-hydrogen) atoms. The molecule has 0 aromatic heterocycles. The van der Waals surface area contributed by atoms with Crippen LogP contribution >= 0.6 is 0 Å². The Kier molecular flexibility index (Phi) is 5.64. The standard InChI is InChI=1S/C23H39NO2/c1-15-4-8-17(9-5-15)20-14-18-10-13-21(24(18)3)22(20)23(25)26-19-11-6-16(2)7-12-19/h15-22H,4-14H2,1-3H3/t15?,16?,17?,18-,19?,20-,21?,22?/m1/s1. The number of hydrogen-bond donors (Lipinski definition) is 0. The Balaban J connectivity index is 1.46. The molecule has 3 nitrogen and oxygen atoms in total. The fourth-order valence-corrected chi connectivity index (χ4v) is 6.63. The molecule has 4 atom stereocenters. The third-order valence-electron chi connectivity index (χ3n) is 8.50. The molecule has 2 aliphatic heterocycles. The van der Waals surface area contributed by atoms with Gasteiger partial charge in [0.25, 0.3) is 0 Å². The van der Waals surface area contributed by atoms with Crippen molar-refractivity contribution in [1.29, 1.82) is 0 Å². The highest BCUT2D eigenvalue weighted by atomic mass is 16.5. The van der Waals surface area contributed by atoms with Crippen LogP contribution in [-0.4, -0.2) is 36.1 Å². The molecular formula is C23H39NO2. The first-order valence-electron chi connectivity index (χ1n) is 11.4. The van der Waals surface area contributed by atoms with Gasteiger partial charge in [-0.2, -0.15) is 0 Å². The molecule has 0 aromatic carbocycles. The van der Waals surface area contributed by atoms with E-state index in [1.54, 1.807) is 0 Å². The van der Waals surface area contributed by atoms with Crippen molar-refractivity contribution < 1.29 is 9.53 Å². The van der Waals surface area contributed by atoms with Crippen LogP contribution in [-0.2, 0) is 9.53 Å². The largest absolute Gasteiger partial charge is 0.462 e. The summed E-state index contributed by atoms with van der Waals surface area (Å²) in [6.07, 6.45) is 13.9. The van der Waals surface area contributed by atoms with Gasteiger partial charge in [-0.3, -0.25) is 9.69 Å². The zero-order chi connectivity index (χ0) is 18.3. The van der Waals surface area contributed by atoms with Crippen molar-refractivity contribution in [3.05, 3.63) is 0 Å². The zero-order valence-electron chi connectivity index (χ0n) is 17.2. The summed E-state index contributed by atoms with van der Waals surface area (Å²) in [4.78, 5) is 15.9. The molecule has 0 amide bonds. The normalized spacial score (nSPS) is 46.9. The molecule has 2 aliphatic carbocycles. The van der Waals surface area contributed by atoms with Crippen molar-refractivity contribution in [3.8, 4) is 0 Å². The Morgan fingerprint density at radius 1 is 0.846 bits per heavy atom. The molecule has 3 heteroatoms. The molecule has 2 heterocycles. The van der Waals surface area contributed by atoms with Gasteiger partial charge in [0.2, 0.25) is 0 Å². The Labute approximate surface area is 160 Å². The second-order valence-corrected chi connectivity index (χ2v) is 10.2.